The lowest BCUT2D eigenvalue weighted by molar-refractivity contribution is -0.0982. The lowest BCUT2D eigenvalue weighted by atomic mass is 9.72. The molecule has 2 heteroatoms. The number of hydrogen-bond donors (Lipinski definition) is 1. The first-order chi connectivity index (χ1) is 9.29. The van der Waals surface area contributed by atoms with Crippen LogP contribution in [0.5, 0.6) is 0 Å². The number of benzene rings is 2. The van der Waals surface area contributed by atoms with Gasteiger partial charge in [-0.05, 0) is 48.7 Å². The molecular formula is C17H21NO. The van der Waals surface area contributed by atoms with Gasteiger partial charge in [0.1, 0.15) is 0 Å². The van der Waals surface area contributed by atoms with Crippen LogP contribution in [0.3, 0.4) is 0 Å². The predicted molar refractivity (Wildman–Crippen MR) is 79.3 cm³/mol. The Morgan fingerprint density at radius 1 is 1.11 bits per heavy atom. The zero-order valence-corrected chi connectivity index (χ0v) is 11.6. The Bertz CT molecular complexity index is 569. The van der Waals surface area contributed by atoms with Crippen molar-refractivity contribution in [2.45, 2.75) is 30.9 Å². The van der Waals surface area contributed by atoms with E-state index in [0.717, 1.165) is 12.8 Å². The second-order valence-electron chi connectivity index (χ2n) is 5.45. The minimum Gasteiger partial charge on any atom is -0.376 e. The third-order valence-electron chi connectivity index (χ3n) is 4.53. The lowest BCUT2D eigenvalue weighted by Crippen LogP contribution is -2.49. The van der Waals surface area contributed by atoms with E-state index in [4.69, 9.17) is 4.74 Å². The van der Waals surface area contributed by atoms with Crippen molar-refractivity contribution in [2.24, 2.45) is 0 Å². The van der Waals surface area contributed by atoms with Crippen molar-refractivity contribution in [1.29, 1.82) is 0 Å². The van der Waals surface area contributed by atoms with E-state index in [1.165, 1.54) is 22.8 Å². The van der Waals surface area contributed by atoms with Gasteiger partial charge in [0, 0.05) is 7.11 Å². The van der Waals surface area contributed by atoms with Gasteiger partial charge in [0.15, 0.2) is 0 Å². The zero-order valence-electron chi connectivity index (χ0n) is 11.6. The van der Waals surface area contributed by atoms with Crippen LogP contribution >= 0.6 is 0 Å². The van der Waals surface area contributed by atoms with Gasteiger partial charge in [-0.1, -0.05) is 36.4 Å². The Morgan fingerprint density at radius 2 is 1.84 bits per heavy atom. The standard InChI is InChI=1S/C17H21NO/c1-18-16(17(19-2)10-5-11-17)15-9-8-13-6-3-4-7-14(13)12-15/h3-4,6-9,12,16,18H,5,10-11H2,1-2H3. The monoisotopic (exact) mass is 255 g/mol. The number of methoxy groups -OCH3 is 1. The first-order valence-electron chi connectivity index (χ1n) is 7.00. The molecule has 0 spiro atoms. The minimum absolute atomic E-state index is 0.0167. The number of fused-ring (bicyclic) bond motifs is 1. The first kappa shape index (κ1) is 12.6. The highest BCUT2D eigenvalue weighted by Crippen LogP contribution is 2.45. The summed E-state index contributed by atoms with van der Waals surface area (Å²) >= 11 is 0. The highest BCUT2D eigenvalue weighted by atomic mass is 16.5. The average molecular weight is 255 g/mol. The summed E-state index contributed by atoms with van der Waals surface area (Å²) in [6.07, 6.45) is 3.54. The summed E-state index contributed by atoms with van der Waals surface area (Å²) in [6, 6.07) is 15.5. The van der Waals surface area contributed by atoms with Crippen LogP contribution in [0.2, 0.25) is 0 Å². The third-order valence-corrected chi connectivity index (χ3v) is 4.53. The van der Waals surface area contributed by atoms with E-state index in [2.05, 4.69) is 47.8 Å². The molecule has 2 aromatic carbocycles. The molecule has 1 aliphatic rings. The maximum absolute atomic E-state index is 5.83. The smallest absolute Gasteiger partial charge is 0.0872 e. The number of hydrogen-bond acceptors (Lipinski definition) is 2. The number of nitrogens with one attached hydrogen (secondary N) is 1. The molecular weight excluding hydrogens is 234 g/mol. The van der Waals surface area contributed by atoms with Crippen molar-refractivity contribution in [2.75, 3.05) is 14.2 Å². The van der Waals surface area contributed by atoms with E-state index in [1.807, 2.05) is 14.2 Å². The summed E-state index contributed by atoms with van der Waals surface area (Å²) in [4.78, 5) is 0. The van der Waals surface area contributed by atoms with Crippen LogP contribution in [-0.2, 0) is 4.74 Å². The van der Waals surface area contributed by atoms with Gasteiger partial charge in [0.25, 0.3) is 0 Å². The summed E-state index contributed by atoms with van der Waals surface area (Å²) in [5.74, 6) is 0. The molecule has 0 radical (unpaired) electrons. The van der Waals surface area contributed by atoms with Gasteiger partial charge < -0.3 is 10.1 Å². The molecule has 3 rings (SSSR count). The van der Waals surface area contributed by atoms with Gasteiger partial charge in [-0.15, -0.1) is 0 Å². The van der Waals surface area contributed by atoms with E-state index in [1.54, 1.807) is 0 Å². The average Bonchev–Trinajstić information content (AvgIpc) is 2.42. The van der Waals surface area contributed by atoms with Gasteiger partial charge in [0.2, 0.25) is 0 Å². The van der Waals surface area contributed by atoms with Crippen molar-refractivity contribution in [3.05, 3.63) is 48.0 Å². The number of rotatable bonds is 4. The Kier molecular flexibility index (Phi) is 3.29. The third kappa shape index (κ3) is 2.05. The molecule has 0 aromatic heterocycles. The van der Waals surface area contributed by atoms with Gasteiger partial charge >= 0.3 is 0 Å². The highest BCUT2D eigenvalue weighted by Gasteiger charge is 2.44. The van der Waals surface area contributed by atoms with Crippen LogP contribution in [0, 0.1) is 0 Å². The maximum atomic E-state index is 5.83. The van der Waals surface area contributed by atoms with E-state index < -0.39 is 0 Å². The molecule has 1 unspecified atom stereocenters. The molecule has 0 heterocycles. The Labute approximate surface area is 114 Å². The van der Waals surface area contributed by atoms with Crippen LogP contribution in [-0.4, -0.2) is 19.8 Å². The molecule has 0 saturated heterocycles. The molecule has 100 valence electrons. The molecule has 1 fully saturated rings. The second-order valence-corrected chi connectivity index (χ2v) is 5.45. The van der Waals surface area contributed by atoms with Gasteiger partial charge in [-0.2, -0.15) is 0 Å². The fraction of sp³-hybridized carbons (Fsp3) is 0.412. The summed E-state index contributed by atoms with van der Waals surface area (Å²) < 4.78 is 5.83. The Balaban J connectivity index is 2.01. The second kappa shape index (κ2) is 4.95. The molecule has 19 heavy (non-hydrogen) atoms. The van der Waals surface area contributed by atoms with Crippen LogP contribution in [0.4, 0.5) is 0 Å². The predicted octanol–water partition coefficient (Wildman–Crippen LogP) is 3.67. The molecule has 0 amide bonds. The minimum atomic E-state index is -0.0167. The molecule has 2 nitrogen and oxygen atoms in total. The van der Waals surface area contributed by atoms with E-state index in [9.17, 15) is 0 Å². The molecule has 2 aromatic rings. The summed E-state index contributed by atoms with van der Waals surface area (Å²) in [5.41, 5.74) is 1.31. The van der Waals surface area contributed by atoms with E-state index in [-0.39, 0.29) is 11.6 Å². The zero-order chi connectivity index (χ0) is 13.3. The lowest BCUT2D eigenvalue weighted by Gasteiger charge is -2.46. The van der Waals surface area contributed by atoms with Crippen LogP contribution in [0.1, 0.15) is 30.9 Å². The van der Waals surface area contributed by atoms with Crippen molar-refractivity contribution >= 4 is 10.8 Å². The molecule has 1 atom stereocenters. The largest absolute Gasteiger partial charge is 0.376 e. The van der Waals surface area contributed by atoms with E-state index in [0.29, 0.717) is 0 Å². The topological polar surface area (TPSA) is 21.3 Å². The van der Waals surface area contributed by atoms with Crippen molar-refractivity contribution in [1.82, 2.24) is 5.32 Å². The molecule has 0 aliphatic heterocycles. The number of likely N-dealkylation sites (N-methyl/N-ethyl adjacent to an activating group) is 1. The van der Waals surface area contributed by atoms with Crippen molar-refractivity contribution in [3.63, 3.8) is 0 Å². The Hall–Kier alpha value is -1.38. The van der Waals surface area contributed by atoms with Crippen LogP contribution in [0.15, 0.2) is 42.5 Å². The van der Waals surface area contributed by atoms with Gasteiger partial charge in [0.05, 0.1) is 11.6 Å². The van der Waals surface area contributed by atoms with Gasteiger partial charge in [-0.25, -0.2) is 0 Å². The molecule has 1 N–H and O–H groups in total. The highest BCUT2D eigenvalue weighted by molar-refractivity contribution is 5.83. The van der Waals surface area contributed by atoms with Crippen LogP contribution < -0.4 is 5.32 Å². The summed E-state index contributed by atoms with van der Waals surface area (Å²) in [7, 11) is 3.86. The van der Waals surface area contributed by atoms with Gasteiger partial charge in [-0.3, -0.25) is 0 Å². The fourth-order valence-corrected chi connectivity index (χ4v) is 3.26. The Morgan fingerprint density at radius 3 is 2.42 bits per heavy atom. The quantitative estimate of drug-likeness (QED) is 0.900. The van der Waals surface area contributed by atoms with Crippen LogP contribution in [0.25, 0.3) is 10.8 Å². The van der Waals surface area contributed by atoms with Crippen molar-refractivity contribution in [3.8, 4) is 0 Å². The summed E-state index contributed by atoms with van der Waals surface area (Å²) in [6.45, 7) is 0. The molecule has 0 bridgehead atoms. The molecule has 1 saturated carbocycles. The maximum Gasteiger partial charge on any atom is 0.0872 e. The van der Waals surface area contributed by atoms with Crippen molar-refractivity contribution < 1.29 is 4.74 Å². The summed E-state index contributed by atoms with van der Waals surface area (Å²) in [5, 5.41) is 6.04. The number of ether oxygens (including phenoxy) is 1. The molecule has 1 aliphatic carbocycles. The fourth-order valence-electron chi connectivity index (χ4n) is 3.26. The first-order valence-corrected chi connectivity index (χ1v) is 7.00. The SMILES string of the molecule is CNC(c1ccc2ccccc2c1)C1(OC)CCC1. The van der Waals surface area contributed by atoms with E-state index >= 15 is 0 Å². The normalized spacial score (nSPS) is 19.1.